The largest absolute Gasteiger partial charge is 0.479 e. The fourth-order valence-electron chi connectivity index (χ4n) is 4.55. The van der Waals surface area contributed by atoms with Crippen molar-refractivity contribution >= 4 is 18.0 Å². The summed E-state index contributed by atoms with van der Waals surface area (Å²) in [5.41, 5.74) is 4.42. The maximum absolute atomic E-state index is 12.8. The van der Waals surface area contributed by atoms with Gasteiger partial charge >= 0.3 is 12.1 Å². The van der Waals surface area contributed by atoms with E-state index < -0.39 is 36.2 Å². The number of nitrogens with one attached hydrogen (secondary N) is 2. The minimum Gasteiger partial charge on any atom is -0.479 e. The van der Waals surface area contributed by atoms with Crippen LogP contribution in [0.4, 0.5) is 4.79 Å². The number of hydrogen-bond acceptors (Lipinski definition) is 6. The third-order valence-electron chi connectivity index (χ3n) is 6.23. The van der Waals surface area contributed by atoms with Crippen molar-refractivity contribution in [2.24, 2.45) is 0 Å². The molecule has 0 radical (unpaired) electrons. The van der Waals surface area contributed by atoms with Crippen LogP contribution in [0.3, 0.4) is 0 Å². The van der Waals surface area contributed by atoms with Crippen LogP contribution in [0.1, 0.15) is 29.9 Å². The van der Waals surface area contributed by atoms with Gasteiger partial charge in [-0.25, -0.2) is 9.59 Å². The maximum Gasteiger partial charge on any atom is 0.407 e. The summed E-state index contributed by atoms with van der Waals surface area (Å²) < 4.78 is 15.8. The molecule has 0 saturated carbocycles. The molecule has 2 aromatic rings. The van der Waals surface area contributed by atoms with E-state index in [2.05, 4.69) is 22.8 Å². The third-order valence-corrected chi connectivity index (χ3v) is 6.23. The molecule has 2 amide bonds. The fraction of sp³-hybridized carbons (Fsp3) is 0.400. The zero-order valence-corrected chi connectivity index (χ0v) is 18.9. The Bertz CT molecular complexity index is 1010. The molecule has 3 atom stereocenters. The molecule has 180 valence electrons. The molecular weight excluding hydrogens is 440 g/mol. The molecule has 1 saturated heterocycles. The second kappa shape index (κ2) is 10.7. The number of ether oxygens (including phenoxy) is 3. The van der Waals surface area contributed by atoms with Crippen molar-refractivity contribution in [1.29, 1.82) is 0 Å². The van der Waals surface area contributed by atoms with Crippen molar-refractivity contribution in [2.75, 3.05) is 26.9 Å². The van der Waals surface area contributed by atoms with Gasteiger partial charge in [0.1, 0.15) is 12.6 Å². The van der Waals surface area contributed by atoms with E-state index >= 15 is 0 Å². The predicted octanol–water partition coefficient (Wildman–Crippen LogP) is 2.29. The summed E-state index contributed by atoms with van der Waals surface area (Å²) in [5.74, 6) is -1.75. The van der Waals surface area contributed by atoms with E-state index in [1.807, 2.05) is 36.4 Å². The van der Waals surface area contributed by atoms with E-state index in [0.29, 0.717) is 6.42 Å². The Kier molecular flexibility index (Phi) is 7.44. The first-order valence-corrected chi connectivity index (χ1v) is 11.2. The molecule has 9 heteroatoms. The van der Waals surface area contributed by atoms with Gasteiger partial charge < -0.3 is 30.0 Å². The highest BCUT2D eigenvalue weighted by Crippen LogP contribution is 2.44. The van der Waals surface area contributed by atoms with Crippen LogP contribution in [-0.2, 0) is 23.8 Å². The number of methoxy groups -OCH3 is 1. The van der Waals surface area contributed by atoms with E-state index in [1.54, 1.807) is 0 Å². The molecule has 2 aromatic carbocycles. The van der Waals surface area contributed by atoms with Gasteiger partial charge in [-0.2, -0.15) is 0 Å². The second-order valence-electron chi connectivity index (χ2n) is 8.34. The van der Waals surface area contributed by atoms with Crippen molar-refractivity contribution < 1.29 is 33.7 Å². The number of carbonyl (C=O) groups excluding carboxylic acids is 2. The molecule has 0 bridgehead atoms. The topological polar surface area (TPSA) is 123 Å². The average molecular weight is 469 g/mol. The van der Waals surface area contributed by atoms with Crippen molar-refractivity contribution in [3.05, 3.63) is 59.7 Å². The fourth-order valence-corrected chi connectivity index (χ4v) is 4.55. The van der Waals surface area contributed by atoms with Crippen molar-refractivity contribution in [3.8, 4) is 11.1 Å². The Morgan fingerprint density at radius 1 is 1.09 bits per heavy atom. The van der Waals surface area contributed by atoms with Gasteiger partial charge in [0.05, 0.1) is 6.04 Å². The van der Waals surface area contributed by atoms with Crippen LogP contribution in [0.15, 0.2) is 48.5 Å². The van der Waals surface area contributed by atoms with E-state index in [-0.39, 0.29) is 32.2 Å². The molecule has 0 spiro atoms. The lowest BCUT2D eigenvalue weighted by Gasteiger charge is -2.22. The standard InChI is InChI=1S/C25H28N2O7/c1-32-12-10-21(23(28)26-20-11-13-33-22(20)24(29)30)27-25(31)34-14-19-17-8-4-2-6-15(17)16-7-3-5-9-18(16)19/h2-9,19-22H,10-14H2,1H3,(H,26,28)(H,27,31)(H,29,30). The molecule has 2 aliphatic rings. The number of amides is 2. The average Bonchev–Trinajstić information content (AvgIpc) is 3.43. The van der Waals surface area contributed by atoms with Crippen LogP contribution in [0.25, 0.3) is 11.1 Å². The van der Waals surface area contributed by atoms with Crippen LogP contribution in [0, 0.1) is 0 Å². The van der Waals surface area contributed by atoms with Crippen LogP contribution in [-0.4, -0.2) is 68.2 Å². The normalized spacial score (nSPS) is 19.7. The van der Waals surface area contributed by atoms with E-state index in [0.717, 1.165) is 22.3 Å². The number of rotatable bonds is 9. The number of fused-ring (bicyclic) bond motifs is 3. The third kappa shape index (κ3) is 5.05. The highest BCUT2D eigenvalue weighted by atomic mass is 16.5. The van der Waals surface area contributed by atoms with Crippen molar-refractivity contribution in [3.63, 3.8) is 0 Å². The van der Waals surface area contributed by atoms with Crippen LogP contribution in [0.5, 0.6) is 0 Å². The first-order valence-electron chi connectivity index (χ1n) is 11.2. The highest BCUT2D eigenvalue weighted by Gasteiger charge is 2.37. The molecule has 34 heavy (non-hydrogen) atoms. The second-order valence-corrected chi connectivity index (χ2v) is 8.34. The Balaban J connectivity index is 1.39. The lowest BCUT2D eigenvalue weighted by Crippen LogP contribution is -2.53. The van der Waals surface area contributed by atoms with Crippen LogP contribution >= 0.6 is 0 Å². The Labute approximate surface area is 197 Å². The minimum atomic E-state index is -1.14. The van der Waals surface area contributed by atoms with Gasteiger partial charge in [0, 0.05) is 32.7 Å². The molecule has 1 aliphatic heterocycles. The summed E-state index contributed by atoms with van der Waals surface area (Å²) in [5, 5.41) is 14.5. The smallest absolute Gasteiger partial charge is 0.407 e. The Morgan fingerprint density at radius 3 is 2.35 bits per heavy atom. The molecule has 1 heterocycles. The lowest BCUT2D eigenvalue weighted by molar-refractivity contribution is -0.148. The van der Waals surface area contributed by atoms with Crippen molar-refractivity contribution in [1.82, 2.24) is 10.6 Å². The Morgan fingerprint density at radius 2 is 1.74 bits per heavy atom. The zero-order chi connectivity index (χ0) is 24.1. The summed E-state index contributed by atoms with van der Waals surface area (Å²) in [6.07, 6.45) is -1.25. The van der Waals surface area contributed by atoms with Gasteiger partial charge in [-0.15, -0.1) is 0 Å². The van der Waals surface area contributed by atoms with Crippen LogP contribution < -0.4 is 10.6 Å². The minimum absolute atomic E-state index is 0.101. The van der Waals surface area contributed by atoms with E-state index in [4.69, 9.17) is 14.2 Å². The molecule has 9 nitrogen and oxygen atoms in total. The van der Waals surface area contributed by atoms with Gasteiger partial charge in [-0.1, -0.05) is 48.5 Å². The molecule has 3 unspecified atom stereocenters. The number of aliphatic carboxylic acids is 1. The van der Waals surface area contributed by atoms with Crippen molar-refractivity contribution in [2.45, 2.75) is 36.9 Å². The number of carboxylic acid groups (broad SMARTS) is 1. The number of carboxylic acids is 1. The summed E-state index contributed by atoms with van der Waals surface area (Å²) in [7, 11) is 1.49. The van der Waals surface area contributed by atoms with Crippen LogP contribution in [0.2, 0.25) is 0 Å². The van der Waals surface area contributed by atoms with Gasteiger partial charge in [0.25, 0.3) is 0 Å². The molecule has 0 aromatic heterocycles. The maximum atomic E-state index is 12.8. The van der Waals surface area contributed by atoms with Gasteiger partial charge in [0.15, 0.2) is 6.10 Å². The van der Waals surface area contributed by atoms with E-state index in [1.165, 1.54) is 7.11 Å². The summed E-state index contributed by atoms with van der Waals surface area (Å²) in [6.45, 7) is 0.589. The van der Waals surface area contributed by atoms with Gasteiger partial charge in [0.2, 0.25) is 5.91 Å². The number of alkyl carbamates (subject to hydrolysis) is 1. The lowest BCUT2D eigenvalue weighted by atomic mass is 9.98. The summed E-state index contributed by atoms with van der Waals surface area (Å²) in [6, 6.07) is 14.4. The van der Waals surface area contributed by atoms with E-state index in [9.17, 15) is 19.5 Å². The summed E-state index contributed by atoms with van der Waals surface area (Å²) in [4.78, 5) is 36.8. The highest BCUT2D eigenvalue weighted by molar-refractivity contribution is 5.87. The SMILES string of the molecule is COCCC(NC(=O)OCC1c2ccccc2-c2ccccc21)C(=O)NC1CCOC1C(=O)O. The molecule has 1 fully saturated rings. The predicted molar refractivity (Wildman–Crippen MR) is 122 cm³/mol. The number of hydrogen-bond donors (Lipinski definition) is 3. The van der Waals surface area contributed by atoms with Gasteiger partial charge in [-0.05, 0) is 28.7 Å². The number of carbonyl (C=O) groups is 3. The quantitative estimate of drug-likeness (QED) is 0.516. The summed E-state index contributed by atoms with van der Waals surface area (Å²) >= 11 is 0. The zero-order valence-electron chi connectivity index (χ0n) is 18.9. The molecule has 4 rings (SSSR count). The van der Waals surface area contributed by atoms with Gasteiger partial charge in [-0.3, -0.25) is 4.79 Å². The molecule has 3 N–H and O–H groups in total. The first-order chi connectivity index (χ1) is 16.5. The monoisotopic (exact) mass is 468 g/mol. The first kappa shape index (κ1) is 23.7. The molecule has 1 aliphatic carbocycles. The number of benzene rings is 2. The molecular formula is C25H28N2O7. The Hall–Kier alpha value is -3.43.